The summed E-state index contributed by atoms with van der Waals surface area (Å²) in [6.07, 6.45) is 0. The first-order valence-corrected chi connectivity index (χ1v) is 7.84. The molecule has 2 aromatic carbocycles. The zero-order valence-corrected chi connectivity index (χ0v) is 13.9. The van der Waals surface area contributed by atoms with Crippen molar-refractivity contribution in [3.8, 4) is 11.1 Å². The fourth-order valence-corrected chi connectivity index (χ4v) is 2.57. The molecule has 0 radical (unpaired) electrons. The van der Waals surface area contributed by atoms with Gasteiger partial charge in [-0.3, -0.25) is 15.2 Å². The largest absolute Gasteiger partial charge is 0.315 e. The van der Waals surface area contributed by atoms with Crippen LogP contribution in [0.5, 0.6) is 0 Å². The molecule has 0 atom stereocenters. The van der Waals surface area contributed by atoms with Crippen LogP contribution >= 0.6 is 12.2 Å². The molecule has 1 amide bonds. The molecule has 0 unspecified atom stereocenters. The van der Waals surface area contributed by atoms with Gasteiger partial charge in [0.15, 0.2) is 10.9 Å². The highest BCUT2D eigenvalue weighted by molar-refractivity contribution is 7.80. The third kappa shape index (κ3) is 3.49. The van der Waals surface area contributed by atoms with Crippen LogP contribution in [-0.4, -0.2) is 21.2 Å². The van der Waals surface area contributed by atoms with Gasteiger partial charge in [-0.25, -0.2) is 0 Å². The van der Waals surface area contributed by atoms with Gasteiger partial charge in [-0.2, -0.15) is 5.10 Å². The molecule has 0 aliphatic carbocycles. The van der Waals surface area contributed by atoms with E-state index in [0.717, 1.165) is 16.8 Å². The summed E-state index contributed by atoms with van der Waals surface area (Å²) < 4.78 is 0. The van der Waals surface area contributed by atoms with Crippen molar-refractivity contribution in [1.82, 2.24) is 15.5 Å². The summed E-state index contributed by atoms with van der Waals surface area (Å²) in [4.78, 5) is 12.1. The third-order valence-electron chi connectivity index (χ3n) is 3.50. The Hall–Kier alpha value is -2.99. The van der Waals surface area contributed by atoms with Gasteiger partial charge in [-0.1, -0.05) is 48.5 Å². The molecule has 24 heavy (non-hydrogen) atoms. The molecule has 1 aromatic heterocycles. The van der Waals surface area contributed by atoms with Crippen LogP contribution in [0.4, 0.5) is 5.82 Å². The molecule has 0 aliphatic rings. The lowest BCUT2D eigenvalue weighted by Gasteiger charge is -2.09. The summed E-state index contributed by atoms with van der Waals surface area (Å²) in [5, 5.41) is 13.0. The van der Waals surface area contributed by atoms with Crippen molar-refractivity contribution in [2.75, 3.05) is 5.32 Å². The second kappa shape index (κ2) is 7.06. The van der Waals surface area contributed by atoms with Crippen LogP contribution in [0.25, 0.3) is 11.1 Å². The monoisotopic (exact) mass is 336 g/mol. The van der Waals surface area contributed by atoms with E-state index in [1.165, 1.54) is 0 Å². The Balaban J connectivity index is 1.75. The molecule has 0 saturated heterocycles. The SMILES string of the molecule is Cc1[nH]nc(NC(=S)NC(=O)c2ccccc2)c1-c1ccccc1. The van der Waals surface area contributed by atoms with Crippen LogP contribution in [0.2, 0.25) is 0 Å². The van der Waals surface area contributed by atoms with Crippen molar-refractivity contribution < 1.29 is 4.79 Å². The fraction of sp³-hybridized carbons (Fsp3) is 0.0556. The number of aromatic nitrogens is 2. The molecular weight excluding hydrogens is 320 g/mol. The van der Waals surface area contributed by atoms with Crippen molar-refractivity contribution in [1.29, 1.82) is 0 Å². The number of hydrogen-bond acceptors (Lipinski definition) is 3. The second-order valence-corrected chi connectivity index (χ2v) is 5.62. The van der Waals surface area contributed by atoms with E-state index in [-0.39, 0.29) is 11.0 Å². The Bertz CT molecular complexity index is 859. The van der Waals surface area contributed by atoms with Gasteiger partial charge in [-0.05, 0) is 36.8 Å². The molecule has 0 saturated carbocycles. The number of nitrogens with zero attached hydrogens (tertiary/aromatic N) is 1. The zero-order chi connectivity index (χ0) is 16.9. The van der Waals surface area contributed by atoms with E-state index in [1.807, 2.05) is 43.3 Å². The molecule has 5 nitrogen and oxygen atoms in total. The Labute approximate surface area is 145 Å². The van der Waals surface area contributed by atoms with E-state index in [1.54, 1.807) is 24.3 Å². The minimum absolute atomic E-state index is 0.201. The van der Waals surface area contributed by atoms with Crippen molar-refractivity contribution >= 4 is 29.1 Å². The second-order valence-electron chi connectivity index (χ2n) is 5.21. The summed E-state index contributed by atoms with van der Waals surface area (Å²) in [5.41, 5.74) is 3.40. The van der Waals surface area contributed by atoms with Gasteiger partial charge in [-0.15, -0.1) is 0 Å². The molecule has 0 spiro atoms. The zero-order valence-electron chi connectivity index (χ0n) is 13.0. The Kier molecular flexibility index (Phi) is 4.67. The van der Waals surface area contributed by atoms with Gasteiger partial charge < -0.3 is 5.32 Å². The normalized spacial score (nSPS) is 10.2. The molecule has 0 fully saturated rings. The summed E-state index contributed by atoms with van der Waals surface area (Å²) >= 11 is 5.23. The molecule has 3 aromatic rings. The number of benzene rings is 2. The molecule has 1 heterocycles. The van der Waals surface area contributed by atoms with E-state index in [4.69, 9.17) is 12.2 Å². The number of carbonyl (C=O) groups excluding carboxylic acids is 1. The van der Waals surface area contributed by atoms with Crippen LogP contribution in [0.1, 0.15) is 16.1 Å². The maximum Gasteiger partial charge on any atom is 0.257 e. The Morgan fingerprint density at radius 2 is 1.67 bits per heavy atom. The van der Waals surface area contributed by atoms with Crippen molar-refractivity contribution in [2.45, 2.75) is 6.92 Å². The quantitative estimate of drug-likeness (QED) is 0.640. The highest BCUT2D eigenvalue weighted by Gasteiger charge is 2.14. The van der Waals surface area contributed by atoms with Gasteiger partial charge in [0.25, 0.3) is 5.91 Å². The number of hydrogen-bond donors (Lipinski definition) is 3. The smallest absolute Gasteiger partial charge is 0.257 e. The third-order valence-corrected chi connectivity index (χ3v) is 3.71. The topological polar surface area (TPSA) is 69.8 Å². The van der Waals surface area contributed by atoms with E-state index in [0.29, 0.717) is 11.4 Å². The Morgan fingerprint density at radius 3 is 2.33 bits per heavy atom. The summed E-state index contributed by atoms with van der Waals surface area (Å²) in [7, 11) is 0. The molecule has 120 valence electrons. The van der Waals surface area contributed by atoms with Gasteiger partial charge in [0.1, 0.15) is 0 Å². The fourth-order valence-electron chi connectivity index (χ4n) is 2.38. The first kappa shape index (κ1) is 15.9. The predicted molar refractivity (Wildman–Crippen MR) is 98.9 cm³/mol. The minimum Gasteiger partial charge on any atom is -0.315 e. The van der Waals surface area contributed by atoms with Crippen LogP contribution in [-0.2, 0) is 0 Å². The average Bonchev–Trinajstić information content (AvgIpc) is 2.96. The van der Waals surface area contributed by atoms with E-state index in [9.17, 15) is 4.79 Å². The maximum atomic E-state index is 12.1. The maximum absolute atomic E-state index is 12.1. The highest BCUT2D eigenvalue weighted by Crippen LogP contribution is 2.28. The lowest BCUT2D eigenvalue weighted by atomic mass is 10.1. The number of aryl methyl sites for hydroxylation is 1. The van der Waals surface area contributed by atoms with E-state index in [2.05, 4.69) is 20.8 Å². The average molecular weight is 336 g/mol. The van der Waals surface area contributed by atoms with Gasteiger partial charge in [0.2, 0.25) is 0 Å². The van der Waals surface area contributed by atoms with E-state index < -0.39 is 0 Å². The van der Waals surface area contributed by atoms with Crippen LogP contribution in [0.3, 0.4) is 0 Å². The number of carbonyl (C=O) groups is 1. The lowest BCUT2D eigenvalue weighted by molar-refractivity contribution is 0.0977. The molecule has 6 heteroatoms. The van der Waals surface area contributed by atoms with Crippen LogP contribution in [0, 0.1) is 6.92 Å². The van der Waals surface area contributed by atoms with Crippen molar-refractivity contribution in [3.05, 3.63) is 71.9 Å². The number of anilines is 1. The standard InChI is InChI=1S/C18H16N4OS/c1-12-15(13-8-4-2-5-9-13)16(22-21-12)19-18(24)20-17(23)14-10-6-3-7-11-14/h2-11H,1H3,(H3,19,20,21,22,23,24). The number of thiocarbonyl (C=S) groups is 1. The van der Waals surface area contributed by atoms with E-state index >= 15 is 0 Å². The van der Waals surface area contributed by atoms with Crippen molar-refractivity contribution in [3.63, 3.8) is 0 Å². The van der Waals surface area contributed by atoms with Gasteiger partial charge in [0, 0.05) is 16.8 Å². The molecule has 3 N–H and O–H groups in total. The predicted octanol–water partition coefficient (Wildman–Crippen LogP) is 3.51. The lowest BCUT2D eigenvalue weighted by Crippen LogP contribution is -2.34. The first-order chi connectivity index (χ1) is 11.6. The molecular formula is C18H16N4OS. The molecule has 0 bridgehead atoms. The number of amides is 1. The number of rotatable bonds is 3. The first-order valence-electron chi connectivity index (χ1n) is 7.43. The number of aromatic amines is 1. The van der Waals surface area contributed by atoms with Crippen molar-refractivity contribution in [2.24, 2.45) is 0 Å². The highest BCUT2D eigenvalue weighted by atomic mass is 32.1. The van der Waals surface area contributed by atoms with Crippen LogP contribution < -0.4 is 10.6 Å². The number of nitrogens with one attached hydrogen (secondary N) is 3. The molecule has 0 aliphatic heterocycles. The molecule has 3 rings (SSSR count). The summed E-state index contributed by atoms with van der Waals surface area (Å²) in [6.45, 7) is 1.94. The van der Waals surface area contributed by atoms with Gasteiger partial charge in [0.05, 0.1) is 0 Å². The van der Waals surface area contributed by atoms with Crippen LogP contribution in [0.15, 0.2) is 60.7 Å². The minimum atomic E-state index is -0.262. The summed E-state index contributed by atoms with van der Waals surface area (Å²) in [5.74, 6) is 0.318. The number of H-pyrrole nitrogens is 1. The Morgan fingerprint density at radius 1 is 1.04 bits per heavy atom. The summed E-state index contributed by atoms with van der Waals surface area (Å²) in [6, 6.07) is 18.8. The van der Waals surface area contributed by atoms with Gasteiger partial charge >= 0.3 is 0 Å².